The first kappa shape index (κ1) is 21.1. The van der Waals surface area contributed by atoms with Crippen molar-refractivity contribution in [3.05, 3.63) is 64.5 Å². The number of hydrogen-bond acceptors (Lipinski definition) is 4. The molecule has 31 heavy (non-hydrogen) atoms. The number of pyridine rings is 2. The van der Waals surface area contributed by atoms with Gasteiger partial charge in [0.25, 0.3) is 11.5 Å². The average molecular weight is 433 g/mol. The fourth-order valence-corrected chi connectivity index (χ4v) is 3.77. The average Bonchev–Trinajstić information content (AvgIpc) is 3.18. The molecule has 1 aliphatic heterocycles. The summed E-state index contributed by atoms with van der Waals surface area (Å²) in [5.41, 5.74) is -0.696. The van der Waals surface area contributed by atoms with Crippen LogP contribution < -0.4 is 5.56 Å². The monoisotopic (exact) mass is 433 g/mol. The molecule has 1 saturated heterocycles. The lowest BCUT2D eigenvalue weighted by molar-refractivity contribution is -0.140. The molecule has 0 saturated carbocycles. The highest BCUT2D eigenvalue weighted by atomic mass is 19.4. The van der Waals surface area contributed by atoms with Crippen LogP contribution in [0.4, 0.5) is 13.2 Å². The quantitative estimate of drug-likeness (QED) is 0.633. The van der Waals surface area contributed by atoms with E-state index in [1.807, 2.05) is 24.2 Å². The minimum atomic E-state index is -4.55. The van der Waals surface area contributed by atoms with Gasteiger partial charge < -0.3 is 14.0 Å². The van der Waals surface area contributed by atoms with E-state index in [0.29, 0.717) is 45.0 Å². The molecule has 0 aromatic carbocycles. The standard InChI is InChI=1S/C21H22F3N5O2/c1-26-7-2-3-17(26)20(31)29-13-10-27(11-14-29)9-12-28-8-6-16-15(19(28)30)4-5-18(25-16)21(22,23)24/h2-8H,9-14H2,1H3. The normalized spacial score (nSPS) is 15.5. The van der Waals surface area contributed by atoms with Crippen LogP contribution in [0.25, 0.3) is 10.9 Å². The second-order valence-electron chi connectivity index (χ2n) is 7.58. The third-order valence-corrected chi connectivity index (χ3v) is 5.60. The summed E-state index contributed by atoms with van der Waals surface area (Å²) in [6.45, 7) is 3.58. The highest BCUT2D eigenvalue weighted by molar-refractivity contribution is 5.92. The molecule has 7 nitrogen and oxygen atoms in total. The number of rotatable bonds is 4. The Balaban J connectivity index is 1.38. The molecule has 4 heterocycles. The molecular weight excluding hydrogens is 411 g/mol. The Morgan fingerprint density at radius 1 is 1.03 bits per heavy atom. The molecule has 4 rings (SSSR count). The van der Waals surface area contributed by atoms with Crippen LogP contribution in [-0.4, -0.2) is 62.5 Å². The van der Waals surface area contributed by atoms with Crippen LogP contribution in [-0.2, 0) is 19.8 Å². The molecule has 164 valence electrons. The van der Waals surface area contributed by atoms with Crippen molar-refractivity contribution in [2.75, 3.05) is 32.7 Å². The minimum absolute atomic E-state index is 0.00336. The molecular formula is C21H22F3N5O2. The molecule has 3 aromatic heterocycles. The van der Waals surface area contributed by atoms with Crippen molar-refractivity contribution < 1.29 is 18.0 Å². The number of aryl methyl sites for hydroxylation is 1. The second-order valence-corrected chi connectivity index (χ2v) is 7.58. The zero-order chi connectivity index (χ0) is 22.2. The van der Waals surface area contributed by atoms with E-state index in [9.17, 15) is 22.8 Å². The summed E-state index contributed by atoms with van der Waals surface area (Å²) in [6, 6.07) is 7.08. The molecule has 0 radical (unpaired) electrons. The molecule has 1 aliphatic rings. The van der Waals surface area contributed by atoms with E-state index < -0.39 is 11.9 Å². The minimum Gasteiger partial charge on any atom is -0.347 e. The smallest absolute Gasteiger partial charge is 0.347 e. The number of nitrogens with zero attached hydrogens (tertiary/aromatic N) is 5. The number of piperazine rings is 1. The zero-order valence-electron chi connectivity index (χ0n) is 17.0. The Hall–Kier alpha value is -3.14. The Kier molecular flexibility index (Phi) is 5.57. The van der Waals surface area contributed by atoms with E-state index in [1.54, 1.807) is 10.6 Å². The van der Waals surface area contributed by atoms with Gasteiger partial charge in [-0.1, -0.05) is 0 Å². The molecule has 0 N–H and O–H groups in total. The van der Waals surface area contributed by atoms with Crippen LogP contribution in [0, 0.1) is 0 Å². The van der Waals surface area contributed by atoms with Gasteiger partial charge in [-0.05, 0) is 30.3 Å². The van der Waals surface area contributed by atoms with E-state index >= 15 is 0 Å². The summed E-state index contributed by atoms with van der Waals surface area (Å²) in [7, 11) is 1.84. The van der Waals surface area contributed by atoms with Gasteiger partial charge in [0.2, 0.25) is 0 Å². The zero-order valence-corrected chi connectivity index (χ0v) is 17.0. The largest absolute Gasteiger partial charge is 0.433 e. The van der Waals surface area contributed by atoms with Gasteiger partial charge in [-0.3, -0.25) is 14.5 Å². The lowest BCUT2D eigenvalue weighted by atomic mass is 10.2. The highest BCUT2D eigenvalue weighted by Crippen LogP contribution is 2.28. The number of alkyl halides is 3. The van der Waals surface area contributed by atoms with Crippen LogP contribution in [0.15, 0.2) is 47.5 Å². The van der Waals surface area contributed by atoms with Crippen LogP contribution in [0.3, 0.4) is 0 Å². The van der Waals surface area contributed by atoms with Gasteiger partial charge in [0, 0.05) is 58.7 Å². The highest BCUT2D eigenvalue weighted by Gasteiger charge is 2.32. The maximum atomic E-state index is 12.8. The van der Waals surface area contributed by atoms with Gasteiger partial charge in [-0.2, -0.15) is 13.2 Å². The fraction of sp³-hybridized carbons (Fsp3) is 0.381. The van der Waals surface area contributed by atoms with Gasteiger partial charge in [0.05, 0.1) is 10.9 Å². The van der Waals surface area contributed by atoms with Crippen molar-refractivity contribution in [2.24, 2.45) is 7.05 Å². The molecule has 0 unspecified atom stereocenters. The Morgan fingerprint density at radius 2 is 1.77 bits per heavy atom. The van der Waals surface area contributed by atoms with Crippen LogP contribution >= 0.6 is 0 Å². The van der Waals surface area contributed by atoms with Crippen molar-refractivity contribution in [2.45, 2.75) is 12.7 Å². The van der Waals surface area contributed by atoms with Crippen molar-refractivity contribution in [1.82, 2.24) is 23.9 Å². The lowest BCUT2D eigenvalue weighted by Crippen LogP contribution is -2.49. The first-order valence-corrected chi connectivity index (χ1v) is 9.94. The number of aromatic nitrogens is 3. The van der Waals surface area contributed by atoms with E-state index in [1.165, 1.54) is 22.9 Å². The predicted octanol–water partition coefficient (Wildman–Crippen LogP) is 2.21. The summed E-state index contributed by atoms with van der Waals surface area (Å²) in [4.78, 5) is 32.8. The van der Waals surface area contributed by atoms with Crippen LogP contribution in [0.2, 0.25) is 0 Å². The number of amides is 1. The fourth-order valence-electron chi connectivity index (χ4n) is 3.77. The summed E-state index contributed by atoms with van der Waals surface area (Å²) < 4.78 is 41.8. The number of carbonyl (C=O) groups is 1. The van der Waals surface area contributed by atoms with E-state index in [-0.39, 0.29) is 22.4 Å². The molecule has 1 fully saturated rings. The second kappa shape index (κ2) is 8.18. The number of hydrogen-bond donors (Lipinski definition) is 0. The topological polar surface area (TPSA) is 63.4 Å². The summed E-state index contributed by atoms with van der Waals surface area (Å²) in [5, 5.41) is 0.161. The Labute approximate surface area is 176 Å². The van der Waals surface area contributed by atoms with Gasteiger partial charge >= 0.3 is 6.18 Å². The van der Waals surface area contributed by atoms with Gasteiger partial charge in [0.1, 0.15) is 11.4 Å². The van der Waals surface area contributed by atoms with Gasteiger partial charge in [-0.25, -0.2) is 4.98 Å². The van der Waals surface area contributed by atoms with E-state index in [2.05, 4.69) is 9.88 Å². The number of carbonyl (C=O) groups excluding carboxylic acids is 1. The lowest BCUT2D eigenvalue weighted by Gasteiger charge is -2.34. The predicted molar refractivity (Wildman–Crippen MR) is 109 cm³/mol. The first-order valence-electron chi connectivity index (χ1n) is 9.94. The summed E-state index contributed by atoms with van der Waals surface area (Å²) >= 11 is 0. The molecule has 0 spiro atoms. The maximum Gasteiger partial charge on any atom is 0.433 e. The number of fused-ring (bicyclic) bond motifs is 1. The molecule has 0 aliphatic carbocycles. The van der Waals surface area contributed by atoms with Crippen molar-refractivity contribution in [3.8, 4) is 0 Å². The molecule has 10 heteroatoms. The molecule has 1 amide bonds. The van der Waals surface area contributed by atoms with Gasteiger partial charge in [0.15, 0.2) is 0 Å². The Morgan fingerprint density at radius 3 is 2.42 bits per heavy atom. The third-order valence-electron chi connectivity index (χ3n) is 5.60. The summed E-state index contributed by atoms with van der Waals surface area (Å²) in [6.07, 6.45) is -1.23. The molecule has 3 aromatic rings. The first-order chi connectivity index (χ1) is 14.7. The van der Waals surface area contributed by atoms with Crippen LogP contribution in [0.5, 0.6) is 0 Å². The summed E-state index contributed by atoms with van der Waals surface area (Å²) in [5.74, 6) is 0.00336. The Bertz CT molecular complexity index is 1160. The van der Waals surface area contributed by atoms with Crippen molar-refractivity contribution in [3.63, 3.8) is 0 Å². The SMILES string of the molecule is Cn1cccc1C(=O)N1CCN(CCn2ccc3nc(C(F)(F)F)ccc3c2=O)CC1. The number of halogens is 3. The third kappa shape index (κ3) is 4.34. The van der Waals surface area contributed by atoms with E-state index in [0.717, 1.165) is 6.07 Å². The molecule has 0 atom stereocenters. The van der Waals surface area contributed by atoms with Crippen LogP contribution in [0.1, 0.15) is 16.2 Å². The van der Waals surface area contributed by atoms with Crippen molar-refractivity contribution in [1.29, 1.82) is 0 Å². The maximum absolute atomic E-state index is 12.8. The van der Waals surface area contributed by atoms with Gasteiger partial charge in [-0.15, -0.1) is 0 Å². The molecule has 0 bridgehead atoms. The van der Waals surface area contributed by atoms with E-state index in [4.69, 9.17) is 0 Å². The van der Waals surface area contributed by atoms with Crippen molar-refractivity contribution >= 4 is 16.8 Å².